The van der Waals surface area contributed by atoms with E-state index in [0.717, 1.165) is 34.5 Å². The fourth-order valence-corrected chi connectivity index (χ4v) is 2.58. The first-order chi connectivity index (χ1) is 13.1. The molecule has 0 saturated heterocycles. The van der Waals surface area contributed by atoms with Crippen molar-refractivity contribution in [1.29, 1.82) is 0 Å². The van der Waals surface area contributed by atoms with Gasteiger partial charge < -0.3 is 25.3 Å². The van der Waals surface area contributed by atoms with Crippen LogP contribution in [-0.2, 0) is 22.6 Å². The second-order valence-electron chi connectivity index (χ2n) is 6.22. The molecule has 6 nitrogen and oxygen atoms in total. The molecule has 0 amide bonds. The molecule has 6 heteroatoms. The minimum absolute atomic E-state index is 0.351. The Bertz CT molecular complexity index is 747. The zero-order valence-electron chi connectivity index (χ0n) is 16.3. The normalized spacial score (nSPS) is 11.4. The third-order valence-electron chi connectivity index (χ3n) is 3.97. The Hall–Kier alpha value is -2.57. The molecule has 0 aliphatic heterocycles. The third-order valence-corrected chi connectivity index (χ3v) is 3.97. The van der Waals surface area contributed by atoms with Gasteiger partial charge >= 0.3 is 0 Å². The van der Waals surface area contributed by atoms with Gasteiger partial charge in [0.25, 0.3) is 0 Å². The summed E-state index contributed by atoms with van der Waals surface area (Å²) >= 11 is 0. The summed E-state index contributed by atoms with van der Waals surface area (Å²) in [6, 6.07) is 13.9. The Morgan fingerprint density at radius 3 is 2.63 bits per heavy atom. The number of nitrogens with one attached hydrogen (secondary N) is 1. The van der Waals surface area contributed by atoms with Gasteiger partial charge in [0.1, 0.15) is 5.75 Å². The van der Waals surface area contributed by atoms with Gasteiger partial charge in [-0.25, -0.2) is 4.99 Å². The number of nitrogens with two attached hydrogens (primary N) is 1. The summed E-state index contributed by atoms with van der Waals surface area (Å²) in [7, 11) is 3.35. The smallest absolute Gasteiger partial charge is 0.193 e. The average molecular weight is 371 g/mol. The fourth-order valence-electron chi connectivity index (χ4n) is 2.58. The van der Waals surface area contributed by atoms with E-state index in [-0.39, 0.29) is 0 Å². The summed E-state index contributed by atoms with van der Waals surface area (Å²) in [5.74, 6) is 1.19. The first kappa shape index (κ1) is 20.7. The maximum atomic E-state index is 6.08. The van der Waals surface area contributed by atoms with Crippen molar-refractivity contribution in [1.82, 2.24) is 0 Å². The van der Waals surface area contributed by atoms with E-state index in [4.69, 9.17) is 19.9 Å². The fraction of sp³-hybridized carbons (Fsp3) is 0.381. The van der Waals surface area contributed by atoms with E-state index < -0.39 is 0 Å². The summed E-state index contributed by atoms with van der Waals surface area (Å²) in [4.78, 5) is 4.46. The topological polar surface area (TPSA) is 78.1 Å². The Morgan fingerprint density at radius 1 is 1.04 bits per heavy atom. The molecule has 3 N–H and O–H groups in total. The average Bonchev–Trinajstić information content (AvgIpc) is 2.66. The van der Waals surface area contributed by atoms with Crippen LogP contribution in [-0.4, -0.2) is 33.4 Å². The minimum atomic E-state index is 0.351. The molecule has 0 bridgehead atoms. The highest BCUT2D eigenvalue weighted by Gasteiger charge is 2.06. The van der Waals surface area contributed by atoms with Crippen LogP contribution in [0, 0.1) is 6.92 Å². The Morgan fingerprint density at radius 2 is 1.85 bits per heavy atom. The molecule has 2 rings (SSSR count). The van der Waals surface area contributed by atoms with Crippen LogP contribution in [0.15, 0.2) is 47.5 Å². The lowest BCUT2D eigenvalue weighted by molar-refractivity contribution is 0.172. The number of rotatable bonds is 10. The first-order valence-electron chi connectivity index (χ1n) is 8.99. The van der Waals surface area contributed by atoms with Gasteiger partial charge in [0.2, 0.25) is 0 Å². The quantitative estimate of drug-likeness (QED) is 0.380. The molecule has 2 aromatic carbocycles. The number of hydrogen-bond donors (Lipinski definition) is 2. The molecule has 27 heavy (non-hydrogen) atoms. The van der Waals surface area contributed by atoms with E-state index >= 15 is 0 Å². The molecular formula is C21H29N3O3. The Balaban J connectivity index is 2.03. The monoisotopic (exact) mass is 371 g/mol. The largest absolute Gasteiger partial charge is 0.493 e. The maximum absolute atomic E-state index is 6.08. The minimum Gasteiger partial charge on any atom is -0.493 e. The number of hydrogen-bond acceptors (Lipinski definition) is 4. The molecule has 0 unspecified atom stereocenters. The van der Waals surface area contributed by atoms with Crippen molar-refractivity contribution >= 4 is 11.6 Å². The summed E-state index contributed by atoms with van der Waals surface area (Å²) in [5.41, 5.74) is 10.1. The van der Waals surface area contributed by atoms with E-state index in [1.54, 1.807) is 14.2 Å². The number of aliphatic imine (C=N–C) groups is 1. The molecule has 146 valence electrons. The van der Waals surface area contributed by atoms with E-state index in [2.05, 4.69) is 10.3 Å². The molecule has 0 heterocycles. The van der Waals surface area contributed by atoms with Gasteiger partial charge in [-0.05, 0) is 24.6 Å². The van der Waals surface area contributed by atoms with Crippen molar-refractivity contribution in [3.05, 3.63) is 59.2 Å². The number of aryl methyl sites for hydroxylation is 1. The molecule has 0 fully saturated rings. The second kappa shape index (κ2) is 11.2. The van der Waals surface area contributed by atoms with Crippen LogP contribution in [0.25, 0.3) is 0 Å². The van der Waals surface area contributed by atoms with E-state index in [1.165, 1.54) is 0 Å². The number of guanidine groups is 1. The maximum Gasteiger partial charge on any atom is 0.193 e. The molecule has 0 aliphatic rings. The van der Waals surface area contributed by atoms with Crippen LogP contribution in [0.2, 0.25) is 0 Å². The van der Waals surface area contributed by atoms with Gasteiger partial charge in [-0.15, -0.1) is 0 Å². The lowest BCUT2D eigenvalue weighted by atomic mass is 10.1. The SMILES string of the molecule is COCCCOc1cc(C)ccc1CN=C(N)Nc1ccccc1COC. The highest BCUT2D eigenvalue weighted by atomic mass is 16.5. The highest BCUT2D eigenvalue weighted by molar-refractivity contribution is 5.93. The predicted molar refractivity (Wildman–Crippen MR) is 109 cm³/mol. The van der Waals surface area contributed by atoms with E-state index in [9.17, 15) is 0 Å². The standard InChI is InChI=1S/C21H29N3O3/c1-16-9-10-17(20(13-16)27-12-6-11-25-2)14-23-21(22)24-19-8-5-4-7-18(19)15-26-3/h4-5,7-10,13H,6,11-12,14-15H2,1-3H3,(H3,22,23,24). The van der Waals surface area contributed by atoms with Gasteiger partial charge in [0, 0.05) is 44.1 Å². The molecule has 0 spiro atoms. The second-order valence-corrected chi connectivity index (χ2v) is 6.22. The van der Waals surface area contributed by atoms with Crippen molar-refractivity contribution in [3.63, 3.8) is 0 Å². The molecule has 0 atom stereocenters. The van der Waals surface area contributed by atoms with Crippen LogP contribution >= 0.6 is 0 Å². The summed E-state index contributed by atoms with van der Waals surface area (Å²) in [5, 5.41) is 3.15. The molecular weight excluding hydrogens is 342 g/mol. The summed E-state index contributed by atoms with van der Waals surface area (Å²) in [6.07, 6.45) is 0.840. The third kappa shape index (κ3) is 6.92. The number of methoxy groups -OCH3 is 2. The van der Waals surface area contributed by atoms with Gasteiger partial charge in [-0.2, -0.15) is 0 Å². The molecule has 0 aliphatic carbocycles. The number of benzene rings is 2. The van der Waals surface area contributed by atoms with E-state index in [1.807, 2.05) is 49.4 Å². The Labute approximate surface area is 161 Å². The lowest BCUT2D eigenvalue weighted by Gasteiger charge is -2.13. The van der Waals surface area contributed by atoms with Gasteiger partial charge in [-0.1, -0.05) is 30.3 Å². The molecule has 0 saturated carbocycles. The highest BCUT2D eigenvalue weighted by Crippen LogP contribution is 2.22. The van der Waals surface area contributed by atoms with Crippen molar-refractivity contribution in [2.24, 2.45) is 10.7 Å². The van der Waals surface area contributed by atoms with Gasteiger partial charge in [0.15, 0.2) is 5.96 Å². The van der Waals surface area contributed by atoms with Crippen LogP contribution in [0.4, 0.5) is 5.69 Å². The van der Waals surface area contributed by atoms with Crippen molar-refractivity contribution in [2.75, 3.05) is 32.8 Å². The van der Waals surface area contributed by atoms with Gasteiger partial charge in [-0.3, -0.25) is 0 Å². The Kier molecular flexibility index (Phi) is 8.61. The predicted octanol–water partition coefficient (Wildman–Crippen LogP) is 3.48. The zero-order chi connectivity index (χ0) is 19.5. The van der Waals surface area contributed by atoms with Crippen molar-refractivity contribution in [2.45, 2.75) is 26.5 Å². The van der Waals surface area contributed by atoms with Crippen molar-refractivity contribution < 1.29 is 14.2 Å². The molecule has 2 aromatic rings. The van der Waals surface area contributed by atoms with Crippen LogP contribution < -0.4 is 15.8 Å². The van der Waals surface area contributed by atoms with Crippen LogP contribution in [0.1, 0.15) is 23.1 Å². The zero-order valence-corrected chi connectivity index (χ0v) is 16.3. The number of ether oxygens (including phenoxy) is 3. The number of nitrogens with zero attached hydrogens (tertiary/aromatic N) is 1. The van der Waals surface area contributed by atoms with Crippen LogP contribution in [0.3, 0.4) is 0 Å². The van der Waals surface area contributed by atoms with Crippen molar-refractivity contribution in [3.8, 4) is 5.75 Å². The summed E-state index contributed by atoms with van der Waals surface area (Å²) < 4.78 is 16.2. The lowest BCUT2D eigenvalue weighted by Crippen LogP contribution is -2.23. The molecule has 0 radical (unpaired) electrons. The summed E-state index contributed by atoms with van der Waals surface area (Å²) in [6.45, 7) is 4.26. The first-order valence-corrected chi connectivity index (χ1v) is 8.99. The van der Waals surface area contributed by atoms with Gasteiger partial charge in [0.05, 0.1) is 19.8 Å². The molecule has 0 aromatic heterocycles. The number of para-hydroxylation sites is 1. The van der Waals surface area contributed by atoms with E-state index in [0.29, 0.717) is 32.3 Å². The van der Waals surface area contributed by atoms with Crippen LogP contribution in [0.5, 0.6) is 5.75 Å². The number of anilines is 1.